The minimum atomic E-state index is 0.201. The number of aromatic nitrogens is 2. The van der Waals surface area contributed by atoms with Gasteiger partial charge in [0.15, 0.2) is 0 Å². The highest BCUT2D eigenvalue weighted by atomic mass is 35.5. The zero-order valence-electron chi connectivity index (χ0n) is 10.9. The number of imidazole rings is 1. The maximum atomic E-state index is 6.03. The van der Waals surface area contributed by atoms with E-state index in [1.165, 1.54) is 5.56 Å². The first-order chi connectivity index (χ1) is 8.58. The lowest BCUT2D eigenvalue weighted by atomic mass is 10.1. The molecule has 0 aliphatic carbocycles. The third-order valence-electron chi connectivity index (χ3n) is 2.83. The molecule has 96 valence electrons. The van der Waals surface area contributed by atoms with Gasteiger partial charge < -0.3 is 9.88 Å². The van der Waals surface area contributed by atoms with Crippen LogP contribution in [0.2, 0.25) is 5.02 Å². The van der Waals surface area contributed by atoms with E-state index >= 15 is 0 Å². The van der Waals surface area contributed by atoms with Crippen molar-refractivity contribution >= 4 is 17.5 Å². The molecule has 1 N–H and O–H groups in total. The highest BCUT2D eigenvalue weighted by molar-refractivity contribution is 6.30. The standard InChI is InChI=1S/C14H18ClN3/c1-10(2)17-14-16-7-8-18(14)11(3)12-5-4-6-13(15)9-12/h4-11H,1-3H3,(H,16,17). The molecule has 0 spiro atoms. The lowest BCUT2D eigenvalue weighted by Gasteiger charge is -2.19. The maximum Gasteiger partial charge on any atom is 0.203 e. The Labute approximate surface area is 113 Å². The van der Waals surface area contributed by atoms with E-state index in [2.05, 4.69) is 41.7 Å². The second-order valence-electron chi connectivity index (χ2n) is 4.69. The van der Waals surface area contributed by atoms with Crippen LogP contribution in [0.25, 0.3) is 0 Å². The molecule has 1 unspecified atom stereocenters. The average Bonchev–Trinajstić information content (AvgIpc) is 2.75. The fraction of sp³-hybridized carbons (Fsp3) is 0.357. The van der Waals surface area contributed by atoms with Crippen LogP contribution in [0.1, 0.15) is 32.4 Å². The van der Waals surface area contributed by atoms with Crippen molar-refractivity contribution in [2.45, 2.75) is 32.9 Å². The van der Waals surface area contributed by atoms with Crippen molar-refractivity contribution in [2.75, 3.05) is 5.32 Å². The molecule has 3 nitrogen and oxygen atoms in total. The molecule has 0 bridgehead atoms. The number of rotatable bonds is 4. The van der Waals surface area contributed by atoms with Gasteiger partial charge in [-0.25, -0.2) is 4.98 Å². The van der Waals surface area contributed by atoms with E-state index < -0.39 is 0 Å². The van der Waals surface area contributed by atoms with Crippen LogP contribution in [0.4, 0.5) is 5.95 Å². The number of hydrogen-bond acceptors (Lipinski definition) is 2. The summed E-state index contributed by atoms with van der Waals surface area (Å²) in [6.07, 6.45) is 3.79. The Morgan fingerprint density at radius 3 is 2.72 bits per heavy atom. The molecule has 0 aliphatic heterocycles. The molecule has 4 heteroatoms. The van der Waals surface area contributed by atoms with Crippen LogP contribution in [0, 0.1) is 0 Å². The van der Waals surface area contributed by atoms with Crippen LogP contribution in [-0.2, 0) is 0 Å². The fourth-order valence-corrected chi connectivity index (χ4v) is 2.12. The fourth-order valence-electron chi connectivity index (χ4n) is 1.92. The number of anilines is 1. The van der Waals surface area contributed by atoms with Crippen LogP contribution in [0.15, 0.2) is 36.7 Å². The van der Waals surface area contributed by atoms with E-state index in [1.54, 1.807) is 0 Å². The number of benzene rings is 1. The van der Waals surface area contributed by atoms with Crippen molar-refractivity contribution in [3.63, 3.8) is 0 Å². The van der Waals surface area contributed by atoms with Crippen LogP contribution in [0.5, 0.6) is 0 Å². The van der Waals surface area contributed by atoms with Gasteiger partial charge in [0.25, 0.3) is 0 Å². The van der Waals surface area contributed by atoms with Gasteiger partial charge in [-0.1, -0.05) is 23.7 Å². The zero-order chi connectivity index (χ0) is 13.1. The lowest BCUT2D eigenvalue weighted by Crippen LogP contribution is -2.16. The molecular weight excluding hydrogens is 246 g/mol. The Kier molecular flexibility index (Phi) is 3.92. The SMILES string of the molecule is CC(C)Nc1nccn1C(C)c1cccc(Cl)c1. The molecule has 0 saturated carbocycles. The summed E-state index contributed by atoms with van der Waals surface area (Å²) in [6, 6.07) is 8.49. The molecule has 1 heterocycles. The highest BCUT2D eigenvalue weighted by Crippen LogP contribution is 2.24. The summed E-state index contributed by atoms with van der Waals surface area (Å²) < 4.78 is 2.12. The molecule has 1 aromatic heterocycles. The first-order valence-electron chi connectivity index (χ1n) is 6.12. The summed E-state index contributed by atoms with van der Waals surface area (Å²) in [7, 11) is 0. The number of nitrogens with one attached hydrogen (secondary N) is 1. The van der Waals surface area contributed by atoms with Gasteiger partial charge >= 0.3 is 0 Å². The summed E-state index contributed by atoms with van der Waals surface area (Å²) in [5, 5.41) is 4.10. The van der Waals surface area contributed by atoms with Gasteiger partial charge in [-0.2, -0.15) is 0 Å². The first kappa shape index (κ1) is 13.0. The number of hydrogen-bond donors (Lipinski definition) is 1. The van der Waals surface area contributed by atoms with Gasteiger partial charge in [0.2, 0.25) is 5.95 Å². The van der Waals surface area contributed by atoms with Crippen LogP contribution in [-0.4, -0.2) is 15.6 Å². The minimum Gasteiger partial charge on any atom is -0.353 e. The predicted molar refractivity (Wildman–Crippen MR) is 76.3 cm³/mol. The van der Waals surface area contributed by atoms with Crippen molar-refractivity contribution < 1.29 is 0 Å². The quantitative estimate of drug-likeness (QED) is 0.905. The Morgan fingerprint density at radius 1 is 1.28 bits per heavy atom. The molecule has 0 amide bonds. The molecule has 0 fully saturated rings. The van der Waals surface area contributed by atoms with E-state index in [0.29, 0.717) is 6.04 Å². The molecule has 1 atom stereocenters. The smallest absolute Gasteiger partial charge is 0.203 e. The van der Waals surface area contributed by atoms with Crippen molar-refractivity contribution in [2.24, 2.45) is 0 Å². The second-order valence-corrected chi connectivity index (χ2v) is 5.12. The molecule has 1 aromatic carbocycles. The van der Waals surface area contributed by atoms with Crippen LogP contribution in [0.3, 0.4) is 0 Å². The number of nitrogens with zero attached hydrogens (tertiary/aromatic N) is 2. The average molecular weight is 264 g/mol. The van der Waals surface area contributed by atoms with Crippen molar-refractivity contribution in [1.82, 2.24) is 9.55 Å². The molecule has 2 rings (SSSR count). The zero-order valence-corrected chi connectivity index (χ0v) is 11.6. The summed E-state index contributed by atoms with van der Waals surface area (Å²) in [4.78, 5) is 4.34. The van der Waals surface area contributed by atoms with Gasteiger partial charge in [-0.3, -0.25) is 0 Å². The minimum absolute atomic E-state index is 0.201. The third-order valence-corrected chi connectivity index (χ3v) is 3.07. The van der Waals surface area contributed by atoms with E-state index in [4.69, 9.17) is 11.6 Å². The van der Waals surface area contributed by atoms with Gasteiger partial charge in [-0.05, 0) is 38.5 Å². The van der Waals surface area contributed by atoms with Gasteiger partial charge in [0.1, 0.15) is 0 Å². The van der Waals surface area contributed by atoms with E-state index in [-0.39, 0.29) is 6.04 Å². The Bertz CT molecular complexity index is 519. The van der Waals surface area contributed by atoms with Gasteiger partial charge in [0, 0.05) is 23.5 Å². The Morgan fingerprint density at radius 2 is 2.06 bits per heavy atom. The molecule has 0 aliphatic rings. The topological polar surface area (TPSA) is 29.9 Å². The van der Waals surface area contributed by atoms with Crippen molar-refractivity contribution in [3.05, 3.63) is 47.2 Å². The molecule has 0 radical (unpaired) electrons. The van der Waals surface area contributed by atoms with Crippen molar-refractivity contribution in [3.8, 4) is 0 Å². The van der Waals surface area contributed by atoms with E-state index in [0.717, 1.165) is 11.0 Å². The summed E-state index contributed by atoms with van der Waals surface area (Å²) in [6.45, 7) is 6.34. The molecular formula is C14H18ClN3. The monoisotopic (exact) mass is 263 g/mol. The maximum absolute atomic E-state index is 6.03. The molecule has 18 heavy (non-hydrogen) atoms. The summed E-state index contributed by atoms with van der Waals surface area (Å²) in [5.74, 6) is 0.887. The normalized spacial score (nSPS) is 12.7. The predicted octanol–water partition coefficient (Wildman–Crippen LogP) is 3.97. The van der Waals surface area contributed by atoms with Crippen LogP contribution < -0.4 is 5.32 Å². The number of halogens is 1. The molecule has 2 aromatic rings. The first-order valence-corrected chi connectivity index (χ1v) is 6.50. The van der Waals surface area contributed by atoms with Gasteiger partial charge in [0.05, 0.1) is 6.04 Å². The van der Waals surface area contributed by atoms with Crippen LogP contribution >= 0.6 is 11.6 Å². The lowest BCUT2D eigenvalue weighted by molar-refractivity contribution is 0.638. The Hall–Kier alpha value is -1.48. The summed E-state index contributed by atoms with van der Waals surface area (Å²) in [5.41, 5.74) is 1.17. The highest BCUT2D eigenvalue weighted by Gasteiger charge is 2.12. The van der Waals surface area contributed by atoms with Crippen molar-refractivity contribution in [1.29, 1.82) is 0 Å². The molecule has 0 saturated heterocycles. The van der Waals surface area contributed by atoms with Gasteiger partial charge in [-0.15, -0.1) is 0 Å². The second kappa shape index (κ2) is 5.44. The van der Waals surface area contributed by atoms with E-state index in [9.17, 15) is 0 Å². The third kappa shape index (κ3) is 2.85. The van der Waals surface area contributed by atoms with E-state index in [1.807, 2.05) is 30.6 Å². The largest absolute Gasteiger partial charge is 0.353 e. The Balaban J connectivity index is 2.28. The summed E-state index contributed by atoms with van der Waals surface area (Å²) >= 11 is 6.03.